The first kappa shape index (κ1) is 10.1. The summed E-state index contributed by atoms with van der Waals surface area (Å²) in [5.74, 6) is 0. The molecule has 1 unspecified atom stereocenters. The molecule has 0 aromatic carbocycles. The van der Waals surface area contributed by atoms with Gasteiger partial charge in [-0.2, -0.15) is 0 Å². The van der Waals surface area contributed by atoms with Gasteiger partial charge >= 0.3 is 0 Å². The van der Waals surface area contributed by atoms with Crippen LogP contribution in [0.1, 0.15) is 12.1 Å². The number of likely N-dealkylation sites (tertiary alicyclic amines) is 1. The second kappa shape index (κ2) is 4.87. The number of hydrogen-bond donors (Lipinski definition) is 1. The first-order valence-electron chi connectivity index (χ1n) is 5.13. The van der Waals surface area contributed by atoms with Gasteiger partial charge in [0.25, 0.3) is 0 Å². The molecule has 14 heavy (non-hydrogen) atoms. The van der Waals surface area contributed by atoms with Crippen molar-refractivity contribution >= 4 is 11.3 Å². The summed E-state index contributed by atoms with van der Waals surface area (Å²) in [6.07, 6.45) is 2.34. The lowest BCUT2D eigenvalue weighted by Crippen LogP contribution is -2.32. The van der Waals surface area contributed by atoms with Gasteiger partial charge in [0.15, 0.2) is 0 Å². The lowest BCUT2D eigenvalue weighted by Gasteiger charge is -2.11. The minimum atomic E-state index is 0.693. The molecule has 1 aliphatic rings. The van der Waals surface area contributed by atoms with Gasteiger partial charge in [0, 0.05) is 30.9 Å². The monoisotopic (exact) mass is 211 g/mol. The van der Waals surface area contributed by atoms with E-state index in [2.05, 4.69) is 27.6 Å². The fourth-order valence-corrected chi connectivity index (χ4v) is 2.46. The molecule has 78 valence electrons. The second-order valence-electron chi connectivity index (χ2n) is 3.93. The highest BCUT2D eigenvalue weighted by Gasteiger charge is 2.17. The molecule has 1 N–H and O–H groups in total. The highest BCUT2D eigenvalue weighted by Crippen LogP contribution is 2.06. The van der Waals surface area contributed by atoms with Crippen molar-refractivity contribution in [2.45, 2.75) is 18.9 Å². The molecule has 2 heterocycles. The van der Waals surface area contributed by atoms with Crippen molar-refractivity contribution in [3.05, 3.63) is 16.6 Å². The van der Waals surface area contributed by atoms with Gasteiger partial charge in [0.2, 0.25) is 0 Å². The van der Waals surface area contributed by atoms with Crippen molar-refractivity contribution in [2.75, 3.05) is 26.7 Å². The first-order valence-corrected chi connectivity index (χ1v) is 6.08. The van der Waals surface area contributed by atoms with E-state index in [0.29, 0.717) is 6.04 Å². The summed E-state index contributed by atoms with van der Waals surface area (Å²) in [6.45, 7) is 3.48. The van der Waals surface area contributed by atoms with Gasteiger partial charge < -0.3 is 10.2 Å². The maximum Gasteiger partial charge on any atom is 0.0794 e. The zero-order valence-electron chi connectivity index (χ0n) is 8.57. The summed E-state index contributed by atoms with van der Waals surface area (Å²) in [4.78, 5) is 6.64. The van der Waals surface area contributed by atoms with Crippen molar-refractivity contribution in [1.82, 2.24) is 15.2 Å². The molecule has 1 atom stereocenters. The van der Waals surface area contributed by atoms with Crippen LogP contribution in [-0.2, 0) is 6.42 Å². The molecule has 0 radical (unpaired) electrons. The zero-order valence-corrected chi connectivity index (χ0v) is 9.39. The van der Waals surface area contributed by atoms with Gasteiger partial charge in [-0.25, -0.2) is 4.98 Å². The topological polar surface area (TPSA) is 28.2 Å². The third-order valence-corrected chi connectivity index (χ3v) is 3.32. The van der Waals surface area contributed by atoms with Crippen LogP contribution in [0, 0.1) is 0 Å². The molecule has 1 saturated heterocycles. The second-order valence-corrected chi connectivity index (χ2v) is 4.65. The van der Waals surface area contributed by atoms with Gasteiger partial charge in [-0.1, -0.05) is 0 Å². The maximum atomic E-state index is 4.26. The van der Waals surface area contributed by atoms with Crippen LogP contribution in [0.5, 0.6) is 0 Å². The quantitative estimate of drug-likeness (QED) is 0.804. The van der Waals surface area contributed by atoms with E-state index in [1.165, 1.54) is 25.2 Å². The molecule has 1 fully saturated rings. The van der Waals surface area contributed by atoms with Crippen molar-refractivity contribution < 1.29 is 0 Å². The molecule has 0 spiro atoms. The predicted octanol–water partition coefficient (Wildman–Crippen LogP) is 0.979. The summed E-state index contributed by atoms with van der Waals surface area (Å²) in [5.41, 5.74) is 3.12. The first-order chi connectivity index (χ1) is 6.84. The molecule has 1 aromatic heterocycles. The van der Waals surface area contributed by atoms with Crippen molar-refractivity contribution in [3.8, 4) is 0 Å². The van der Waals surface area contributed by atoms with Crippen LogP contribution in [0.4, 0.5) is 0 Å². The van der Waals surface area contributed by atoms with E-state index >= 15 is 0 Å². The lowest BCUT2D eigenvalue weighted by molar-refractivity contribution is 0.398. The van der Waals surface area contributed by atoms with Crippen LogP contribution < -0.4 is 5.32 Å². The SMILES string of the molecule is CN1CCC(NCCc2cscn2)C1. The van der Waals surface area contributed by atoms with E-state index in [9.17, 15) is 0 Å². The summed E-state index contributed by atoms with van der Waals surface area (Å²) < 4.78 is 0. The molecule has 0 saturated carbocycles. The van der Waals surface area contributed by atoms with Gasteiger partial charge in [-0.15, -0.1) is 11.3 Å². The van der Waals surface area contributed by atoms with E-state index in [4.69, 9.17) is 0 Å². The zero-order chi connectivity index (χ0) is 9.80. The molecule has 3 nitrogen and oxygen atoms in total. The Morgan fingerprint density at radius 1 is 1.71 bits per heavy atom. The molecular weight excluding hydrogens is 194 g/mol. The minimum Gasteiger partial charge on any atom is -0.312 e. The smallest absolute Gasteiger partial charge is 0.0794 e. The van der Waals surface area contributed by atoms with Gasteiger partial charge in [-0.3, -0.25) is 0 Å². The highest BCUT2D eigenvalue weighted by atomic mass is 32.1. The Kier molecular flexibility index (Phi) is 3.50. The largest absolute Gasteiger partial charge is 0.312 e. The number of nitrogens with one attached hydrogen (secondary N) is 1. The number of likely N-dealkylation sites (N-methyl/N-ethyl adjacent to an activating group) is 1. The minimum absolute atomic E-state index is 0.693. The van der Waals surface area contributed by atoms with Crippen LogP contribution >= 0.6 is 11.3 Å². The number of thiazole rings is 1. The molecule has 0 aliphatic carbocycles. The molecule has 1 aliphatic heterocycles. The third-order valence-electron chi connectivity index (χ3n) is 2.69. The van der Waals surface area contributed by atoms with Crippen LogP contribution in [0.25, 0.3) is 0 Å². The van der Waals surface area contributed by atoms with Crippen LogP contribution in [-0.4, -0.2) is 42.6 Å². The van der Waals surface area contributed by atoms with Crippen LogP contribution in [0.2, 0.25) is 0 Å². The Morgan fingerprint density at radius 3 is 3.29 bits per heavy atom. The number of rotatable bonds is 4. The van der Waals surface area contributed by atoms with Crippen LogP contribution in [0.15, 0.2) is 10.9 Å². The van der Waals surface area contributed by atoms with E-state index in [1.807, 2.05) is 5.51 Å². The van der Waals surface area contributed by atoms with Crippen LogP contribution in [0.3, 0.4) is 0 Å². The Hall–Kier alpha value is -0.450. The normalized spacial score (nSPS) is 23.1. The standard InChI is InChI=1S/C10H17N3S/c1-13-5-3-9(6-13)11-4-2-10-7-14-8-12-10/h7-9,11H,2-6H2,1H3. The van der Waals surface area contributed by atoms with Gasteiger partial charge in [0.1, 0.15) is 0 Å². The molecule has 4 heteroatoms. The molecule has 2 rings (SSSR count). The molecular formula is C10H17N3S. The van der Waals surface area contributed by atoms with E-state index in [0.717, 1.165) is 13.0 Å². The maximum absolute atomic E-state index is 4.26. The van der Waals surface area contributed by atoms with E-state index in [-0.39, 0.29) is 0 Å². The summed E-state index contributed by atoms with van der Waals surface area (Å²) in [7, 11) is 2.18. The van der Waals surface area contributed by atoms with Crippen molar-refractivity contribution in [3.63, 3.8) is 0 Å². The number of nitrogens with zero attached hydrogens (tertiary/aromatic N) is 2. The summed E-state index contributed by atoms with van der Waals surface area (Å²) in [5, 5.41) is 5.70. The molecule has 0 amide bonds. The fourth-order valence-electron chi connectivity index (χ4n) is 1.87. The Morgan fingerprint density at radius 2 is 2.64 bits per heavy atom. The fraction of sp³-hybridized carbons (Fsp3) is 0.700. The Balaban J connectivity index is 1.64. The van der Waals surface area contributed by atoms with Crippen molar-refractivity contribution in [1.29, 1.82) is 0 Å². The van der Waals surface area contributed by atoms with Gasteiger partial charge in [0.05, 0.1) is 11.2 Å². The highest BCUT2D eigenvalue weighted by molar-refractivity contribution is 7.07. The average molecular weight is 211 g/mol. The summed E-state index contributed by atoms with van der Waals surface area (Å²) in [6, 6.07) is 0.693. The number of hydrogen-bond acceptors (Lipinski definition) is 4. The lowest BCUT2D eigenvalue weighted by atomic mass is 10.2. The third kappa shape index (κ3) is 2.77. The Bertz CT molecular complexity index is 260. The molecule has 0 bridgehead atoms. The number of aromatic nitrogens is 1. The van der Waals surface area contributed by atoms with E-state index < -0.39 is 0 Å². The Labute approximate surface area is 89.1 Å². The average Bonchev–Trinajstić information content (AvgIpc) is 2.77. The van der Waals surface area contributed by atoms with Gasteiger partial charge in [-0.05, 0) is 20.0 Å². The van der Waals surface area contributed by atoms with E-state index in [1.54, 1.807) is 11.3 Å². The summed E-state index contributed by atoms with van der Waals surface area (Å²) >= 11 is 1.68. The predicted molar refractivity (Wildman–Crippen MR) is 59.7 cm³/mol. The molecule has 1 aromatic rings. The van der Waals surface area contributed by atoms with Crippen molar-refractivity contribution in [2.24, 2.45) is 0 Å².